The van der Waals surface area contributed by atoms with Crippen LogP contribution >= 0.6 is 11.6 Å². The van der Waals surface area contributed by atoms with E-state index in [1.54, 1.807) is 56.7 Å². The number of nitriles is 1. The first kappa shape index (κ1) is 22.8. The molecule has 0 aliphatic carbocycles. The minimum absolute atomic E-state index is 0.00162. The van der Waals surface area contributed by atoms with Crippen LogP contribution in [0.1, 0.15) is 15.9 Å². The van der Waals surface area contributed by atoms with Gasteiger partial charge >= 0.3 is 0 Å². The van der Waals surface area contributed by atoms with Gasteiger partial charge in [-0.25, -0.2) is 0 Å². The van der Waals surface area contributed by atoms with Crippen molar-refractivity contribution in [2.24, 2.45) is 0 Å². The molecule has 0 aliphatic rings. The number of rotatable bonds is 8. The Morgan fingerprint density at radius 3 is 2.23 bits per heavy atom. The lowest BCUT2D eigenvalue weighted by atomic mass is 10.0. The highest BCUT2D eigenvalue weighted by molar-refractivity contribution is 6.35. The topological polar surface area (TPSA) is 62.6 Å². The van der Waals surface area contributed by atoms with Gasteiger partial charge in [-0.1, -0.05) is 42.0 Å². The van der Waals surface area contributed by atoms with Crippen LogP contribution in [0.2, 0.25) is 5.02 Å². The SMILES string of the molecule is COc1cc(N(C)C)cc(OC)c1C=CC=CC=C(C#N)C(=O)c1ccccc1Cl. The molecule has 0 unspecified atom stereocenters. The average molecular weight is 423 g/mol. The molecule has 2 aromatic rings. The molecule has 6 heteroatoms. The maximum atomic E-state index is 12.5. The zero-order valence-electron chi connectivity index (χ0n) is 17.3. The van der Waals surface area contributed by atoms with E-state index in [-0.39, 0.29) is 5.57 Å². The number of allylic oxidation sites excluding steroid dienone is 5. The maximum absolute atomic E-state index is 12.5. The molecule has 5 nitrogen and oxygen atoms in total. The lowest BCUT2D eigenvalue weighted by molar-refractivity contribution is 0.103. The van der Waals surface area contributed by atoms with Crippen molar-refractivity contribution in [3.63, 3.8) is 0 Å². The summed E-state index contributed by atoms with van der Waals surface area (Å²) in [6.45, 7) is 0. The van der Waals surface area contributed by atoms with Gasteiger partial charge in [0.05, 0.1) is 30.4 Å². The van der Waals surface area contributed by atoms with Crippen LogP contribution in [0.25, 0.3) is 6.08 Å². The van der Waals surface area contributed by atoms with Gasteiger partial charge in [0, 0.05) is 37.5 Å². The van der Waals surface area contributed by atoms with Crippen molar-refractivity contribution in [1.29, 1.82) is 5.26 Å². The Morgan fingerprint density at radius 1 is 1.07 bits per heavy atom. The zero-order valence-corrected chi connectivity index (χ0v) is 18.1. The van der Waals surface area contributed by atoms with E-state index < -0.39 is 5.78 Å². The van der Waals surface area contributed by atoms with E-state index in [0.29, 0.717) is 22.1 Å². The lowest BCUT2D eigenvalue weighted by Gasteiger charge is -2.17. The largest absolute Gasteiger partial charge is 0.496 e. The Bertz CT molecular complexity index is 1020. The summed E-state index contributed by atoms with van der Waals surface area (Å²) in [5.41, 5.74) is 2.03. The summed E-state index contributed by atoms with van der Waals surface area (Å²) in [6, 6.07) is 12.4. The van der Waals surface area contributed by atoms with Gasteiger partial charge in [-0.2, -0.15) is 5.26 Å². The predicted octanol–water partition coefficient (Wildman–Crippen LogP) is 5.33. The second-order valence-corrected chi connectivity index (χ2v) is 6.81. The number of methoxy groups -OCH3 is 2. The summed E-state index contributed by atoms with van der Waals surface area (Å²) in [5, 5.41) is 9.63. The van der Waals surface area contributed by atoms with Gasteiger partial charge in [-0.15, -0.1) is 0 Å². The molecule has 0 aromatic heterocycles. The van der Waals surface area contributed by atoms with Crippen molar-refractivity contribution < 1.29 is 14.3 Å². The van der Waals surface area contributed by atoms with Crippen LogP contribution in [0, 0.1) is 11.3 Å². The Kier molecular flexibility index (Phi) is 8.28. The van der Waals surface area contributed by atoms with Gasteiger partial charge in [-0.05, 0) is 24.3 Å². The van der Waals surface area contributed by atoms with Gasteiger partial charge in [-0.3, -0.25) is 4.79 Å². The molecule has 0 spiro atoms. The molecule has 0 aliphatic heterocycles. The number of carbonyl (C=O) groups is 1. The fourth-order valence-electron chi connectivity index (χ4n) is 2.67. The second-order valence-electron chi connectivity index (χ2n) is 6.40. The molecule has 2 rings (SSSR count). The van der Waals surface area contributed by atoms with E-state index in [1.165, 1.54) is 6.08 Å². The van der Waals surface area contributed by atoms with Crippen LogP contribution in [-0.4, -0.2) is 34.1 Å². The predicted molar refractivity (Wildman–Crippen MR) is 122 cm³/mol. The average Bonchev–Trinajstić information content (AvgIpc) is 2.75. The van der Waals surface area contributed by atoms with Crippen LogP contribution in [-0.2, 0) is 0 Å². The third-order valence-corrected chi connectivity index (χ3v) is 4.61. The van der Waals surface area contributed by atoms with E-state index in [0.717, 1.165) is 11.3 Å². The number of carbonyl (C=O) groups excluding carboxylic acids is 1. The second kappa shape index (κ2) is 10.9. The standard InChI is InChI=1S/C24H23ClN2O3/c1-27(2)18-14-22(29-3)20(23(15-18)30-4)12-7-5-6-10-17(16-26)24(28)19-11-8-9-13-21(19)25/h5-15H,1-4H3. The molecule has 0 N–H and O–H groups in total. The maximum Gasteiger partial charge on any atom is 0.205 e. The molecule has 0 saturated carbocycles. The summed E-state index contributed by atoms with van der Waals surface area (Å²) >= 11 is 6.05. The lowest BCUT2D eigenvalue weighted by Crippen LogP contribution is -2.09. The van der Waals surface area contributed by atoms with E-state index in [9.17, 15) is 10.1 Å². The van der Waals surface area contributed by atoms with E-state index in [1.807, 2.05) is 43.3 Å². The highest BCUT2D eigenvalue weighted by atomic mass is 35.5. The Labute approximate surface area is 182 Å². The summed E-state index contributed by atoms with van der Waals surface area (Å²) in [6.07, 6.45) is 8.41. The fraction of sp³-hybridized carbons (Fsp3) is 0.167. The normalized spacial score (nSPS) is 11.5. The van der Waals surface area contributed by atoms with Crippen molar-refractivity contribution in [1.82, 2.24) is 0 Å². The van der Waals surface area contributed by atoms with E-state index in [2.05, 4.69) is 0 Å². The molecule has 0 bridgehead atoms. The van der Waals surface area contributed by atoms with Crippen molar-refractivity contribution in [2.75, 3.05) is 33.2 Å². The highest BCUT2D eigenvalue weighted by Crippen LogP contribution is 2.35. The van der Waals surface area contributed by atoms with Gasteiger partial charge < -0.3 is 14.4 Å². The molecule has 30 heavy (non-hydrogen) atoms. The first-order chi connectivity index (χ1) is 14.4. The van der Waals surface area contributed by atoms with Gasteiger partial charge in [0.2, 0.25) is 5.78 Å². The molecule has 0 saturated heterocycles. The number of halogens is 1. The van der Waals surface area contributed by atoms with Crippen molar-refractivity contribution in [2.45, 2.75) is 0 Å². The van der Waals surface area contributed by atoms with Crippen LogP contribution in [0.5, 0.6) is 11.5 Å². The van der Waals surface area contributed by atoms with Gasteiger partial charge in [0.1, 0.15) is 17.6 Å². The van der Waals surface area contributed by atoms with Gasteiger partial charge in [0.25, 0.3) is 0 Å². The van der Waals surface area contributed by atoms with Crippen LogP contribution in [0.3, 0.4) is 0 Å². The number of Topliss-reactive ketones (excluding diaryl/α,β-unsaturated/α-hetero) is 1. The first-order valence-electron chi connectivity index (χ1n) is 9.10. The van der Waals surface area contributed by atoms with Crippen LogP contribution in [0.4, 0.5) is 5.69 Å². The molecule has 0 heterocycles. The number of anilines is 1. The number of ketones is 1. The molecule has 0 radical (unpaired) electrons. The molecular formula is C24H23ClN2O3. The monoisotopic (exact) mass is 422 g/mol. The molecule has 2 aromatic carbocycles. The molecule has 0 atom stereocenters. The number of ether oxygens (including phenoxy) is 2. The number of benzene rings is 2. The number of nitrogens with zero attached hydrogens (tertiary/aromatic N) is 2. The van der Waals surface area contributed by atoms with Crippen LogP contribution < -0.4 is 14.4 Å². The van der Waals surface area contributed by atoms with Crippen molar-refractivity contribution >= 4 is 29.1 Å². The summed E-state index contributed by atoms with van der Waals surface area (Å²) in [7, 11) is 7.08. The van der Waals surface area contributed by atoms with Crippen LogP contribution in [0.15, 0.2) is 66.3 Å². The Hall–Kier alpha value is -3.49. The summed E-state index contributed by atoms with van der Waals surface area (Å²) in [5.74, 6) is 0.925. The highest BCUT2D eigenvalue weighted by Gasteiger charge is 2.14. The number of hydrogen-bond acceptors (Lipinski definition) is 5. The van der Waals surface area contributed by atoms with Gasteiger partial charge in [0.15, 0.2) is 0 Å². The van der Waals surface area contributed by atoms with Crippen molar-refractivity contribution in [3.8, 4) is 17.6 Å². The quantitative estimate of drug-likeness (QED) is 0.249. The third-order valence-electron chi connectivity index (χ3n) is 4.28. The number of hydrogen-bond donors (Lipinski definition) is 0. The fourth-order valence-corrected chi connectivity index (χ4v) is 2.89. The third kappa shape index (κ3) is 5.53. The smallest absolute Gasteiger partial charge is 0.205 e. The first-order valence-corrected chi connectivity index (χ1v) is 9.48. The Balaban J connectivity index is 2.25. The molecule has 0 fully saturated rings. The summed E-state index contributed by atoms with van der Waals surface area (Å²) in [4.78, 5) is 14.4. The summed E-state index contributed by atoms with van der Waals surface area (Å²) < 4.78 is 11.0. The Morgan fingerprint density at radius 2 is 1.70 bits per heavy atom. The van der Waals surface area contributed by atoms with Crippen molar-refractivity contribution in [3.05, 3.63) is 82.4 Å². The van der Waals surface area contributed by atoms with E-state index in [4.69, 9.17) is 21.1 Å². The molecular weight excluding hydrogens is 400 g/mol. The minimum atomic E-state index is -0.417. The zero-order chi connectivity index (χ0) is 22.1. The minimum Gasteiger partial charge on any atom is -0.496 e. The molecule has 0 amide bonds. The molecule has 154 valence electrons. The van der Waals surface area contributed by atoms with E-state index >= 15 is 0 Å².